The minimum Gasteiger partial charge on any atom is -0.453 e. The smallest absolute Gasteiger partial charge is 0.185 e. The molecule has 6 nitrogen and oxygen atoms in total. The van der Waals surface area contributed by atoms with Crippen LogP contribution in [0.15, 0.2) is 49.1 Å². The zero-order valence-corrected chi connectivity index (χ0v) is 12.2. The van der Waals surface area contributed by atoms with Gasteiger partial charge in [-0.05, 0) is 18.2 Å². The number of benzene rings is 1. The average molecular weight is 309 g/mol. The quantitative estimate of drug-likeness (QED) is 0.630. The Hall–Kier alpha value is -3.22. The number of pyridine rings is 1. The van der Waals surface area contributed by atoms with Crippen molar-refractivity contribution in [2.75, 3.05) is 0 Å². The van der Waals surface area contributed by atoms with Gasteiger partial charge in [-0.2, -0.15) is 5.10 Å². The van der Waals surface area contributed by atoms with E-state index in [1.807, 2.05) is 11.6 Å². The Bertz CT molecular complexity index is 991. The molecule has 0 aliphatic rings. The number of para-hydroxylation sites is 1. The minimum absolute atomic E-state index is 0.150. The first-order valence-electron chi connectivity index (χ1n) is 6.96. The zero-order chi connectivity index (χ0) is 15.8. The summed E-state index contributed by atoms with van der Waals surface area (Å²) in [5.41, 5.74) is 2.05. The van der Waals surface area contributed by atoms with Crippen LogP contribution in [-0.4, -0.2) is 24.7 Å². The predicted molar refractivity (Wildman–Crippen MR) is 82.6 cm³/mol. The molecule has 0 radical (unpaired) electrons. The number of rotatable bonds is 3. The monoisotopic (exact) mass is 309 g/mol. The second-order valence-electron chi connectivity index (χ2n) is 5.03. The number of nitrogens with zero attached hydrogens (tertiary/aromatic N) is 4. The maximum absolute atomic E-state index is 13.9. The maximum Gasteiger partial charge on any atom is 0.185 e. The highest BCUT2D eigenvalue weighted by Crippen LogP contribution is 2.35. The number of aromatic amines is 1. The van der Waals surface area contributed by atoms with Gasteiger partial charge in [-0.25, -0.2) is 14.4 Å². The van der Waals surface area contributed by atoms with Crippen LogP contribution in [0.3, 0.4) is 0 Å². The Labute approximate surface area is 130 Å². The van der Waals surface area contributed by atoms with E-state index in [9.17, 15) is 4.39 Å². The van der Waals surface area contributed by atoms with Gasteiger partial charge in [0.1, 0.15) is 5.75 Å². The van der Waals surface area contributed by atoms with Crippen molar-refractivity contribution < 1.29 is 9.13 Å². The molecule has 4 aromatic rings. The molecule has 0 spiro atoms. The number of aryl methyl sites for hydroxylation is 1. The second-order valence-corrected chi connectivity index (χ2v) is 5.03. The Balaban J connectivity index is 1.89. The van der Waals surface area contributed by atoms with Crippen LogP contribution >= 0.6 is 0 Å². The van der Waals surface area contributed by atoms with Gasteiger partial charge in [0.05, 0.1) is 29.3 Å². The average Bonchev–Trinajstić information content (AvgIpc) is 3.16. The lowest BCUT2D eigenvalue weighted by atomic mass is 10.2. The lowest BCUT2D eigenvalue weighted by Gasteiger charge is -2.08. The first-order valence-corrected chi connectivity index (χ1v) is 6.96. The van der Waals surface area contributed by atoms with Crippen LogP contribution in [-0.2, 0) is 7.05 Å². The largest absolute Gasteiger partial charge is 0.453 e. The second kappa shape index (κ2) is 5.20. The molecule has 114 valence electrons. The summed E-state index contributed by atoms with van der Waals surface area (Å²) >= 11 is 0. The van der Waals surface area contributed by atoms with E-state index in [1.54, 1.807) is 43.0 Å². The first kappa shape index (κ1) is 13.4. The van der Waals surface area contributed by atoms with Gasteiger partial charge < -0.3 is 9.30 Å². The molecule has 0 amide bonds. The molecule has 0 fully saturated rings. The third kappa shape index (κ3) is 2.22. The standard InChI is InChI=1S/C16H12FN5O/c1-22-9-18-8-11(22)15-14-13(6-7-19-16(14)21-20-15)23-12-5-3-2-4-10(12)17/h2-9H,1H3,(H,19,20,21). The van der Waals surface area contributed by atoms with Gasteiger partial charge in [0.25, 0.3) is 0 Å². The van der Waals surface area contributed by atoms with Crippen molar-refractivity contribution in [1.29, 1.82) is 0 Å². The third-order valence-electron chi connectivity index (χ3n) is 3.55. The lowest BCUT2D eigenvalue weighted by molar-refractivity contribution is 0.446. The summed E-state index contributed by atoms with van der Waals surface area (Å²) in [5.74, 6) is 0.199. The molecule has 0 unspecified atom stereocenters. The molecule has 4 rings (SSSR count). The Morgan fingerprint density at radius 2 is 2.04 bits per heavy atom. The van der Waals surface area contributed by atoms with E-state index in [0.717, 1.165) is 11.4 Å². The van der Waals surface area contributed by atoms with E-state index in [4.69, 9.17) is 4.74 Å². The summed E-state index contributed by atoms with van der Waals surface area (Å²) in [4.78, 5) is 8.33. The van der Waals surface area contributed by atoms with Crippen molar-refractivity contribution in [2.45, 2.75) is 0 Å². The van der Waals surface area contributed by atoms with Gasteiger partial charge in [-0.3, -0.25) is 5.10 Å². The van der Waals surface area contributed by atoms with Gasteiger partial charge in [-0.1, -0.05) is 12.1 Å². The number of halogens is 1. The van der Waals surface area contributed by atoms with Gasteiger partial charge in [0, 0.05) is 13.2 Å². The van der Waals surface area contributed by atoms with Crippen molar-refractivity contribution in [1.82, 2.24) is 24.7 Å². The summed E-state index contributed by atoms with van der Waals surface area (Å²) < 4.78 is 21.5. The molecule has 23 heavy (non-hydrogen) atoms. The van der Waals surface area contributed by atoms with E-state index in [2.05, 4.69) is 20.2 Å². The molecular weight excluding hydrogens is 297 g/mol. The van der Waals surface area contributed by atoms with Crippen molar-refractivity contribution in [3.63, 3.8) is 0 Å². The van der Waals surface area contributed by atoms with Crippen LogP contribution in [0.4, 0.5) is 4.39 Å². The summed E-state index contributed by atoms with van der Waals surface area (Å²) in [6.45, 7) is 0. The number of hydrogen-bond donors (Lipinski definition) is 1. The van der Waals surface area contributed by atoms with Crippen molar-refractivity contribution in [3.05, 3.63) is 54.9 Å². The van der Waals surface area contributed by atoms with Gasteiger partial charge >= 0.3 is 0 Å². The lowest BCUT2D eigenvalue weighted by Crippen LogP contribution is -1.92. The van der Waals surface area contributed by atoms with Crippen LogP contribution in [0, 0.1) is 5.82 Å². The van der Waals surface area contributed by atoms with E-state index in [0.29, 0.717) is 16.8 Å². The number of aromatic nitrogens is 5. The SMILES string of the molecule is Cn1cncc1-c1[nH]nc2nccc(Oc3ccccc3F)c12. The van der Waals surface area contributed by atoms with Crippen LogP contribution in [0.25, 0.3) is 22.4 Å². The molecule has 0 atom stereocenters. The fraction of sp³-hybridized carbons (Fsp3) is 0.0625. The number of H-pyrrole nitrogens is 1. The van der Waals surface area contributed by atoms with E-state index in [1.165, 1.54) is 6.07 Å². The molecule has 0 aliphatic carbocycles. The van der Waals surface area contributed by atoms with Crippen molar-refractivity contribution >= 4 is 11.0 Å². The molecule has 0 saturated heterocycles. The van der Waals surface area contributed by atoms with E-state index < -0.39 is 5.82 Å². The molecule has 0 aliphatic heterocycles. The number of nitrogens with one attached hydrogen (secondary N) is 1. The van der Waals surface area contributed by atoms with Gasteiger partial charge in [-0.15, -0.1) is 0 Å². The summed E-state index contributed by atoms with van der Waals surface area (Å²) in [6, 6.07) is 7.94. The summed E-state index contributed by atoms with van der Waals surface area (Å²) in [7, 11) is 1.88. The van der Waals surface area contributed by atoms with Gasteiger partial charge in [0.15, 0.2) is 17.2 Å². The highest BCUT2D eigenvalue weighted by Gasteiger charge is 2.17. The van der Waals surface area contributed by atoms with E-state index in [-0.39, 0.29) is 5.75 Å². The van der Waals surface area contributed by atoms with Crippen LogP contribution in [0.2, 0.25) is 0 Å². The van der Waals surface area contributed by atoms with Crippen molar-refractivity contribution in [3.8, 4) is 22.9 Å². The number of ether oxygens (including phenoxy) is 1. The Morgan fingerprint density at radius 1 is 1.17 bits per heavy atom. The molecular formula is C16H12FN5O. The number of fused-ring (bicyclic) bond motifs is 1. The van der Waals surface area contributed by atoms with Crippen LogP contribution < -0.4 is 4.74 Å². The van der Waals surface area contributed by atoms with Crippen molar-refractivity contribution in [2.24, 2.45) is 7.05 Å². The van der Waals surface area contributed by atoms with Gasteiger partial charge in [0.2, 0.25) is 0 Å². The zero-order valence-electron chi connectivity index (χ0n) is 12.2. The molecule has 1 N–H and O–H groups in total. The molecule has 0 saturated carbocycles. The van der Waals surface area contributed by atoms with Crippen LogP contribution in [0.5, 0.6) is 11.5 Å². The molecule has 3 aromatic heterocycles. The van der Waals surface area contributed by atoms with Crippen LogP contribution in [0.1, 0.15) is 0 Å². The highest BCUT2D eigenvalue weighted by atomic mass is 19.1. The Morgan fingerprint density at radius 3 is 2.83 bits per heavy atom. The fourth-order valence-corrected chi connectivity index (χ4v) is 2.43. The fourth-order valence-electron chi connectivity index (χ4n) is 2.43. The molecule has 3 heterocycles. The predicted octanol–water partition coefficient (Wildman–Crippen LogP) is 3.29. The minimum atomic E-state index is -0.428. The maximum atomic E-state index is 13.9. The number of hydrogen-bond acceptors (Lipinski definition) is 4. The normalized spacial score (nSPS) is 11.0. The summed E-state index contributed by atoms with van der Waals surface area (Å²) in [6.07, 6.45) is 4.98. The van der Waals surface area contributed by atoms with E-state index >= 15 is 0 Å². The number of imidazole rings is 1. The summed E-state index contributed by atoms with van der Waals surface area (Å²) in [5, 5.41) is 7.82. The Kier molecular flexibility index (Phi) is 3.04. The molecule has 7 heteroatoms. The topological polar surface area (TPSA) is 68.6 Å². The third-order valence-corrected chi connectivity index (χ3v) is 3.55. The molecule has 1 aromatic carbocycles. The first-order chi connectivity index (χ1) is 11.2. The molecule has 0 bridgehead atoms. The highest BCUT2D eigenvalue weighted by molar-refractivity contribution is 5.94.